The van der Waals surface area contributed by atoms with E-state index in [4.69, 9.17) is 5.73 Å². The molecule has 1 fully saturated rings. The van der Waals surface area contributed by atoms with Gasteiger partial charge in [-0.1, -0.05) is 20.8 Å². The highest BCUT2D eigenvalue weighted by Crippen LogP contribution is 2.19. The number of piperazine rings is 1. The largest absolute Gasteiger partial charge is 0.326 e. The van der Waals surface area contributed by atoms with Gasteiger partial charge in [-0.2, -0.15) is 0 Å². The maximum absolute atomic E-state index is 6.22. The number of hydrogen-bond donors (Lipinski definition) is 1. The van der Waals surface area contributed by atoms with Gasteiger partial charge in [0, 0.05) is 38.3 Å². The Morgan fingerprint density at radius 3 is 2.40 bits per heavy atom. The summed E-state index contributed by atoms with van der Waals surface area (Å²) in [4.78, 5) is 4.92. The average Bonchev–Trinajstić information content (AvgIpc) is 2.08. The van der Waals surface area contributed by atoms with Gasteiger partial charge in [0.2, 0.25) is 0 Å². The number of nitrogens with two attached hydrogens (primary N) is 1. The van der Waals surface area contributed by atoms with Crippen LogP contribution in [0.5, 0.6) is 0 Å². The van der Waals surface area contributed by atoms with Crippen LogP contribution in [0.25, 0.3) is 0 Å². The zero-order valence-corrected chi connectivity index (χ0v) is 11.0. The summed E-state index contributed by atoms with van der Waals surface area (Å²) in [5, 5.41) is 0. The molecule has 3 nitrogen and oxygen atoms in total. The van der Waals surface area contributed by atoms with E-state index in [1.165, 1.54) is 6.54 Å². The third kappa shape index (κ3) is 3.74. The molecule has 1 aliphatic heterocycles. The second kappa shape index (κ2) is 4.81. The molecule has 0 bridgehead atoms. The van der Waals surface area contributed by atoms with Crippen LogP contribution in [0.2, 0.25) is 0 Å². The van der Waals surface area contributed by atoms with Crippen LogP contribution < -0.4 is 5.73 Å². The first-order valence-corrected chi connectivity index (χ1v) is 5.99. The maximum atomic E-state index is 6.22. The minimum absolute atomic E-state index is 0.211. The minimum Gasteiger partial charge on any atom is -0.326 e. The van der Waals surface area contributed by atoms with Crippen molar-refractivity contribution in [3.05, 3.63) is 0 Å². The van der Waals surface area contributed by atoms with Gasteiger partial charge in [-0.15, -0.1) is 0 Å². The molecule has 90 valence electrons. The fourth-order valence-electron chi connectivity index (χ4n) is 1.98. The van der Waals surface area contributed by atoms with Crippen molar-refractivity contribution in [3.8, 4) is 0 Å². The Kier molecular flexibility index (Phi) is 4.15. The SMILES string of the molecule is CC1CN(C)CCN1CC(N)C(C)(C)C. The van der Waals surface area contributed by atoms with Gasteiger partial charge >= 0.3 is 0 Å². The van der Waals surface area contributed by atoms with Gasteiger partial charge in [0.15, 0.2) is 0 Å². The van der Waals surface area contributed by atoms with E-state index in [2.05, 4.69) is 44.5 Å². The van der Waals surface area contributed by atoms with Crippen molar-refractivity contribution in [1.82, 2.24) is 9.80 Å². The van der Waals surface area contributed by atoms with Crippen LogP contribution in [-0.2, 0) is 0 Å². The Bertz CT molecular complexity index is 198. The number of hydrogen-bond acceptors (Lipinski definition) is 3. The summed E-state index contributed by atoms with van der Waals surface area (Å²) in [6.45, 7) is 13.5. The van der Waals surface area contributed by atoms with Crippen molar-refractivity contribution in [1.29, 1.82) is 0 Å². The molecule has 0 aromatic heterocycles. The lowest BCUT2D eigenvalue weighted by Gasteiger charge is -2.41. The number of nitrogens with zero attached hydrogens (tertiary/aromatic N) is 2. The van der Waals surface area contributed by atoms with Crippen molar-refractivity contribution in [3.63, 3.8) is 0 Å². The van der Waals surface area contributed by atoms with E-state index in [-0.39, 0.29) is 11.5 Å². The number of rotatable bonds is 2. The summed E-state index contributed by atoms with van der Waals surface area (Å²) in [6, 6.07) is 0.903. The summed E-state index contributed by atoms with van der Waals surface area (Å²) in [5.74, 6) is 0. The first kappa shape index (κ1) is 12.9. The highest BCUT2D eigenvalue weighted by Gasteiger charge is 2.27. The highest BCUT2D eigenvalue weighted by molar-refractivity contribution is 4.85. The smallest absolute Gasteiger partial charge is 0.0217 e. The molecule has 2 atom stereocenters. The minimum atomic E-state index is 0.211. The van der Waals surface area contributed by atoms with E-state index in [0.29, 0.717) is 6.04 Å². The van der Waals surface area contributed by atoms with Crippen LogP contribution in [-0.4, -0.2) is 55.1 Å². The second-order valence-corrected chi connectivity index (χ2v) is 6.08. The highest BCUT2D eigenvalue weighted by atomic mass is 15.3. The lowest BCUT2D eigenvalue weighted by Crippen LogP contribution is -2.55. The van der Waals surface area contributed by atoms with Gasteiger partial charge in [0.1, 0.15) is 0 Å². The maximum Gasteiger partial charge on any atom is 0.0217 e. The Labute approximate surface area is 94.6 Å². The van der Waals surface area contributed by atoms with E-state index in [9.17, 15) is 0 Å². The van der Waals surface area contributed by atoms with Gasteiger partial charge in [-0.05, 0) is 19.4 Å². The van der Waals surface area contributed by atoms with Crippen LogP contribution in [0.1, 0.15) is 27.7 Å². The zero-order chi connectivity index (χ0) is 11.6. The summed E-state index contributed by atoms with van der Waals surface area (Å²) in [5.41, 5.74) is 6.43. The van der Waals surface area contributed by atoms with Crippen LogP contribution in [0.4, 0.5) is 0 Å². The fraction of sp³-hybridized carbons (Fsp3) is 1.00. The summed E-state index contributed by atoms with van der Waals surface area (Å²) < 4.78 is 0. The first-order valence-electron chi connectivity index (χ1n) is 5.99. The molecule has 0 radical (unpaired) electrons. The van der Waals surface area contributed by atoms with E-state index in [1.807, 2.05) is 0 Å². The lowest BCUT2D eigenvalue weighted by atomic mass is 9.87. The van der Waals surface area contributed by atoms with Gasteiger partial charge in [-0.3, -0.25) is 4.90 Å². The summed E-state index contributed by atoms with van der Waals surface area (Å²) in [6.07, 6.45) is 0. The first-order chi connectivity index (χ1) is 6.80. The number of likely N-dealkylation sites (N-methyl/N-ethyl adjacent to an activating group) is 1. The monoisotopic (exact) mass is 213 g/mol. The molecule has 0 amide bonds. The Hall–Kier alpha value is -0.120. The van der Waals surface area contributed by atoms with Gasteiger partial charge < -0.3 is 10.6 Å². The summed E-state index contributed by atoms with van der Waals surface area (Å²) in [7, 11) is 2.19. The van der Waals surface area contributed by atoms with Gasteiger partial charge in [0.05, 0.1) is 0 Å². The Morgan fingerprint density at radius 1 is 1.33 bits per heavy atom. The van der Waals surface area contributed by atoms with Crippen LogP contribution in [0.15, 0.2) is 0 Å². The molecular formula is C12H27N3. The van der Waals surface area contributed by atoms with Crippen LogP contribution >= 0.6 is 0 Å². The van der Waals surface area contributed by atoms with Crippen LogP contribution in [0, 0.1) is 5.41 Å². The van der Waals surface area contributed by atoms with Crippen molar-refractivity contribution in [2.24, 2.45) is 11.1 Å². The third-order valence-electron chi connectivity index (χ3n) is 3.51. The molecule has 1 rings (SSSR count). The zero-order valence-electron chi connectivity index (χ0n) is 11.0. The van der Waals surface area contributed by atoms with Crippen molar-refractivity contribution in [2.75, 3.05) is 33.2 Å². The molecule has 1 heterocycles. The van der Waals surface area contributed by atoms with Crippen molar-refractivity contribution < 1.29 is 0 Å². The normalized spacial score (nSPS) is 28.0. The molecule has 0 saturated carbocycles. The molecule has 1 saturated heterocycles. The quantitative estimate of drug-likeness (QED) is 0.742. The van der Waals surface area contributed by atoms with E-state index >= 15 is 0 Å². The van der Waals surface area contributed by atoms with Crippen LogP contribution in [0.3, 0.4) is 0 Å². The van der Waals surface area contributed by atoms with E-state index < -0.39 is 0 Å². The van der Waals surface area contributed by atoms with E-state index in [1.54, 1.807) is 0 Å². The molecule has 0 spiro atoms. The van der Waals surface area contributed by atoms with Crippen molar-refractivity contribution in [2.45, 2.75) is 39.8 Å². The lowest BCUT2D eigenvalue weighted by molar-refractivity contribution is 0.0807. The Balaban J connectivity index is 2.45. The standard InChI is InChI=1S/C12H27N3/c1-10-8-14(5)6-7-15(10)9-11(13)12(2,3)4/h10-11H,6-9,13H2,1-5H3. The third-order valence-corrected chi connectivity index (χ3v) is 3.51. The summed E-state index contributed by atoms with van der Waals surface area (Å²) >= 11 is 0. The predicted molar refractivity (Wildman–Crippen MR) is 66.0 cm³/mol. The topological polar surface area (TPSA) is 32.5 Å². The molecule has 15 heavy (non-hydrogen) atoms. The average molecular weight is 213 g/mol. The predicted octanol–water partition coefficient (Wildman–Crippen LogP) is 0.996. The molecule has 2 N–H and O–H groups in total. The van der Waals surface area contributed by atoms with E-state index in [0.717, 1.165) is 19.6 Å². The van der Waals surface area contributed by atoms with Gasteiger partial charge in [-0.25, -0.2) is 0 Å². The molecule has 0 aromatic rings. The fourth-order valence-corrected chi connectivity index (χ4v) is 1.98. The Morgan fingerprint density at radius 2 is 1.93 bits per heavy atom. The van der Waals surface area contributed by atoms with Gasteiger partial charge in [0.25, 0.3) is 0 Å². The molecule has 2 unspecified atom stereocenters. The molecule has 0 aromatic carbocycles. The van der Waals surface area contributed by atoms with Crippen molar-refractivity contribution >= 4 is 0 Å². The second-order valence-electron chi connectivity index (χ2n) is 6.08. The molecule has 1 aliphatic rings. The molecular weight excluding hydrogens is 186 g/mol. The molecule has 0 aliphatic carbocycles. The molecule has 3 heteroatoms.